The second-order valence-electron chi connectivity index (χ2n) is 6.64. The van der Waals surface area contributed by atoms with E-state index in [4.69, 9.17) is 0 Å². The van der Waals surface area contributed by atoms with Crippen LogP contribution >= 0.6 is 0 Å². The van der Waals surface area contributed by atoms with Gasteiger partial charge in [-0.3, -0.25) is 0 Å². The Bertz CT molecular complexity index is 738. The molecular formula is C18H22N4O. The molecule has 1 aliphatic heterocycles. The van der Waals surface area contributed by atoms with E-state index in [9.17, 15) is 4.79 Å². The molecule has 0 fully saturated rings. The number of aromatic nitrogens is 2. The first-order valence-corrected chi connectivity index (χ1v) is 8.29. The molecule has 5 heteroatoms. The van der Waals surface area contributed by atoms with E-state index >= 15 is 0 Å². The number of carbonyl (C=O) groups is 1. The number of nitrogens with zero attached hydrogens (tertiary/aromatic N) is 3. The van der Waals surface area contributed by atoms with Gasteiger partial charge in [0.2, 0.25) is 0 Å². The number of aryl methyl sites for hydroxylation is 1. The van der Waals surface area contributed by atoms with E-state index in [1.54, 1.807) is 6.20 Å². The summed E-state index contributed by atoms with van der Waals surface area (Å²) in [5.74, 6) is 0.964. The van der Waals surface area contributed by atoms with Crippen LogP contribution in [0, 0.1) is 0 Å². The molecule has 120 valence electrons. The zero-order chi connectivity index (χ0) is 16.0. The van der Waals surface area contributed by atoms with Crippen molar-refractivity contribution in [3.8, 4) is 0 Å². The molecule has 1 aromatic carbocycles. The van der Waals surface area contributed by atoms with Gasteiger partial charge in [0.1, 0.15) is 5.82 Å². The van der Waals surface area contributed by atoms with Gasteiger partial charge >= 0.3 is 6.03 Å². The molecule has 0 spiro atoms. The first-order valence-electron chi connectivity index (χ1n) is 8.29. The molecule has 23 heavy (non-hydrogen) atoms. The molecule has 1 N–H and O–H groups in total. The molecule has 3 unspecified atom stereocenters. The van der Waals surface area contributed by atoms with Crippen LogP contribution < -0.4 is 5.32 Å². The summed E-state index contributed by atoms with van der Waals surface area (Å²) in [5.41, 5.74) is 2.65. The van der Waals surface area contributed by atoms with Crippen LogP contribution in [0.15, 0.2) is 36.7 Å². The molecular weight excluding hydrogens is 288 g/mol. The van der Waals surface area contributed by atoms with Crippen LogP contribution in [0.3, 0.4) is 0 Å². The monoisotopic (exact) mass is 310 g/mol. The smallest absolute Gasteiger partial charge is 0.318 e. The third kappa shape index (κ3) is 2.31. The molecule has 2 aromatic rings. The number of nitrogens with one attached hydrogen (secondary N) is 1. The molecule has 0 saturated heterocycles. The molecule has 5 nitrogen and oxygen atoms in total. The Kier molecular flexibility index (Phi) is 3.36. The Morgan fingerprint density at radius 1 is 1.39 bits per heavy atom. The summed E-state index contributed by atoms with van der Waals surface area (Å²) >= 11 is 0. The van der Waals surface area contributed by atoms with Gasteiger partial charge in [-0.05, 0) is 37.3 Å². The average Bonchev–Trinajstić information content (AvgIpc) is 3.24. The Labute approximate surface area is 136 Å². The van der Waals surface area contributed by atoms with Crippen LogP contribution in [0.1, 0.15) is 54.8 Å². The number of rotatable bonds is 2. The topological polar surface area (TPSA) is 50.2 Å². The number of hydrogen-bond donors (Lipinski definition) is 1. The van der Waals surface area contributed by atoms with Crippen molar-refractivity contribution in [3.05, 3.63) is 53.6 Å². The molecule has 0 bridgehead atoms. The summed E-state index contributed by atoms with van der Waals surface area (Å²) in [4.78, 5) is 19.0. The highest BCUT2D eigenvalue weighted by atomic mass is 16.2. The fraction of sp³-hybridized carbons (Fsp3) is 0.444. The van der Waals surface area contributed by atoms with Crippen molar-refractivity contribution in [2.75, 3.05) is 7.05 Å². The lowest BCUT2D eigenvalue weighted by Crippen LogP contribution is -2.40. The van der Waals surface area contributed by atoms with E-state index in [1.807, 2.05) is 18.1 Å². The highest BCUT2D eigenvalue weighted by molar-refractivity contribution is 5.75. The van der Waals surface area contributed by atoms with Crippen molar-refractivity contribution < 1.29 is 4.79 Å². The molecule has 3 atom stereocenters. The Morgan fingerprint density at radius 3 is 3.09 bits per heavy atom. The van der Waals surface area contributed by atoms with Crippen LogP contribution in [-0.4, -0.2) is 27.5 Å². The molecule has 2 aliphatic rings. The van der Waals surface area contributed by atoms with Crippen LogP contribution in [0.25, 0.3) is 0 Å². The van der Waals surface area contributed by atoms with E-state index in [2.05, 4.69) is 46.1 Å². The van der Waals surface area contributed by atoms with Gasteiger partial charge < -0.3 is 14.8 Å². The van der Waals surface area contributed by atoms with Gasteiger partial charge in [0, 0.05) is 25.5 Å². The third-order valence-corrected chi connectivity index (χ3v) is 5.25. The van der Waals surface area contributed by atoms with Crippen molar-refractivity contribution in [1.29, 1.82) is 0 Å². The number of benzene rings is 1. The van der Waals surface area contributed by atoms with E-state index in [0.717, 1.165) is 25.1 Å². The van der Waals surface area contributed by atoms with Crippen molar-refractivity contribution >= 4 is 6.03 Å². The zero-order valence-electron chi connectivity index (χ0n) is 13.6. The van der Waals surface area contributed by atoms with Gasteiger partial charge in [0.05, 0.1) is 12.1 Å². The van der Waals surface area contributed by atoms with Crippen molar-refractivity contribution in [1.82, 2.24) is 19.8 Å². The summed E-state index contributed by atoms with van der Waals surface area (Å²) in [7, 11) is 1.90. The summed E-state index contributed by atoms with van der Waals surface area (Å²) in [6.07, 6.45) is 6.75. The first kappa shape index (κ1) is 14.3. The minimum absolute atomic E-state index is 0.00611. The predicted molar refractivity (Wildman–Crippen MR) is 88.1 cm³/mol. The van der Waals surface area contributed by atoms with Crippen LogP contribution in [-0.2, 0) is 6.42 Å². The fourth-order valence-electron chi connectivity index (χ4n) is 3.98. The molecule has 1 aromatic heterocycles. The molecule has 4 rings (SSSR count). The lowest BCUT2D eigenvalue weighted by molar-refractivity contribution is 0.185. The highest BCUT2D eigenvalue weighted by Gasteiger charge is 2.33. The number of fused-ring (bicyclic) bond motifs is 2. The maximum atomic E-state index is 12.7. The Balaban J connectivity index is 1.48. The number of imidazole rings is 1. The summed E-state index contributed by atoms with van der Waals surface area (Å²) < 4.78 is 2.15. The molecule has 0 radical (unpaired) electrons. The van der Waals surface area contributed by atoms with E-state index in [0.29, 0.717) is 6.04 Å². The SMILES string of the molecule is CC1CC(NC(=O)N(C)C2CCc3ccccc32)c2nccn21. The number of amides is 2. The molecule has 2 heterocycles. The standard InChI is InChI=1S/C18H22N4O/c1-12-11-15(17-19-9-10-22(12)17)20-18(23)21(2)16-8-7-13-5-3-4-6-14(13)16/h3-6,9-10,12,15-16H,7-8,11H2,1-2H3,(H,20,23). The van der Waals surface area contributed by atoms with Gasteiger partial charge in [-0.15, -0.1) is 0 Å². The molecule has 0 saturated carbocycles. The lowest BCUT2D eigenvalue weighted by atomic mass is 10.1. The first-order chi connectivity index (χ1) is 11.1. The number of urea groups is 1. The second kappa shape index (κ2) is 5.41. The highest BCUT2D eigenvalue weighted by Crippen LogP contribution is 2.36. The number of hydrogen-bond acceptors (Lipinski definition) is 2. The maximum Gasteiger partial charge on any atom is 0.318 e. The van der Waals surface area contributed by atoms with Gasteiger partial charge in [-0.2, -0.15) is 0 Å². The second-order valence-corrected chi connectivity index (χ2v) is 6.64. The minimum Gasteiger partial charge on any atom is -0.330 e. The van der Waals surface area contributed by atoms with Crippen LogP contribution in [0.5, 0.6) is 0 Å². The van der Waals surface area contributed by atoms with Crippen molar-refractivity contribution in [2.45, 2.75) is 44.3 Å². The van der Waals surface area contributed by atoms with Crippen molar-refractivity contribution in [3.63, 3.8) is 0 Å². The lowest BCUT2D eigenvalue weighted by Gasteiger charge is -2.27. The predicted octanol–water partition coefficient (Wildman–Crippen LogP) is 3.22. The summed E-state index contributed by atoms with van der Waals surface area (Å²) in [6, 6.07) is 8.98. The van der Waals surface area contributed by atoms with Crippen LogP contribution in [0.4, 0.5) is 4.79 Å². The van der Waals surface area contributed by atoms with Gasteiger partial charge in [0.15, 0.2) is 0 Å². The van der Waals surface area contributed by atoms with Crippen molar-refractivity contribution in [2.24, 2.45) is 0 Å². The van der Waals surface area contributed by atoms with Crippen LogP contribution in [0.2, 0.25) is 0 Å². The zero-order valence-corrected chi connectivity index (χ0v) is 13.6. The third-order valence-electron chi connectivity index (χ3n) is 5.25. The minimum atomic E-state index is -0.0136. The molecule has 1 aliphatic carbocycles. The Morgan fingerprint density at radius 2 is 2.22 bits per heavy atom. The average molecular weight is 310 g/mol. The largest absolute Gasteiger partial charge is 0.330 e. The van der Waals surface area contributed by atoms with Gasteiger partial charge in [-0.1, -0.05) is 24.3 Å². The summed E-state index contributed by atoms with van der Waals surface area (Å²) in [6.45, 7) is 2.16. The fourth-order valence-corrected chi connectivity index (χ4v) is 3.98. The normalized spacial score (nSPS) is 25.0. The van der Waals surface area contributed by atoms with E-state index in [-0.39, 0.29) is 18.1 Å². The van der Waals surface area contributed by atoms with E-state index in [1.165, 1.54) is 11.1 Å². The van der Waals surface area contributed by atoms with E-state index < -0.39 is 0 Å². The Hall–Kier alpha value is -2.30. The maximum absolute atomic E-state index is 12.7. The summed E-state index contributed by atoms with van der Waals surface area (Å²) in [5, 5.41) is 3.16. The quantitative estimate of drug-likeness (QED) is 0.926. The van der Waals surface area contributed by atoms with Gasteiger partial charge in [0.25, 0.3) is 0 Å². The van der Waals surface area contributed by atoms with Gasteiger partial charge in [-0.25, -0.2) is 9.78 Å². The molecule has 2 amide bonds. The number of carbonyl (C=O) groups excluding carboxylic acids is 1.